The number of methoxy groups -OCH3 is 2. The highest BCUT2D eigenvalue weighted by Crippen LogP contribution is 2.36. The van der Waals surface area contributed by atoms with E-state index in [0.29, 0.717) is 82.5 Å². The van der Waals surface area contributed by atoms with Gasteiger partial charge in [0.1, 0.15) is 11.8 Å². The molecule has 0 radical (unpaired) electrons. The molecule has 0 bridgehead atoms. The summed E-state index contributed by atoms with van der Waals surface area (Å²) in [4.78, 5) is 93.9. The zero-order valence-electron chi connectivity index (χ0n) is 49.8. The molecule has 4 aliphatic rings. The number of hydrogen-bond donors (Lipinski definition) is 2. The minimum Gasteiger partial charge on any atom is -0.380 e. The number of hydrogen-bond acceptors (Lipinski definition) is 9. The van der Waals surface area contributed by atoms with Gasteiger partial charge in [0, 0.05) is 82.9 Å². The maximum Gasteiger partial charge on any atom is 0.253 e. The molecule has 0 unspecified atom stereocenters. The lowest BCUT2D eigenvalue weighted by atomic mass is 9.76. The van der Waals surface area contributed by atoms with Crippen molar-refractivity contribution in [2.24, 2.45) is 23.7 Å². The molecule has 8 rings (SSSR count). The van der Waals surface area contributed by atoms with Crippen molar-refractivity contribution in [3.05, 3.63) is 131 Å². The van der Waals surface area contributed by atoms with E-state index in [-0.39, 0.29) is 89.8 Å². The predicted molar refractivity (Wildman–Crippen MR) is 322 cm³/mol. The van der Waals surface area contributed by atoms with Gasteiger partial charge in [0.15, 0.2) is 0 Å². The van der Waals surface area contributed by atoms with Gasteiger partial charge in [-0.1, -0.05) is 137 Å². The van der Waals surface area contributed by atoms with Gasteiger partial charge in [0.05, 0.1) is 30.3 Å². The highest BCUT2D eigenvalue weighted by molar-refractivity contribution is 5.96. The summed E-state index contributed by atoms with van der Waals surface area (Å²) >= 11 is 0. The highest BCUT2D eigenvalue weighted by Gasteiger charge is 2.45. The van der Waals surface area contributed by atoms with Crippen LogP contribution in [0.5, 0.6) is 0 Å². The molecule has 14 nitrogen and oxygen atoms in total. The van der Waals surface area contributed by atoms with Gasteiger partial charge in [0.25, 0.3) is 11.8 Å². The number of ether oxygens (including phenoxy) is 2. The first kappa shape index (κ1) is 61.8. The van der Waals surface area contributed by atoms with Crippen molar-refractivity contribution < 1.29 is 38.2 Å². The first-order valence-electron chi connectivity index (χ1n) is 30.8. The van der Waals surface area contributed by atoms with Crippen LogP contribution in [-0.4, -0.2) is 152 Å². The third-order valence-electron chi connectivity index (χ3n) is 18.7. The lowest BCUT2D eigenvalue weighted by molar-refractivity contribution is -0.142. The van der Waals surface area contributed by atoms with E-state index in [2.05, 4.69) is 34.9 Å². The fourth-order valence-electron chi connectivity index (χ4n) is 13.1. The summed E-state index contributed by atoms with van der Waals surface area (Å²) in [6.45, 7) is 8.09. The summed E-state index contributed by atoms with van der Waals surface area (Å²) < 4.78 is 11.8. The number of nitrogens with zero attached hydrogens (tertiary/aromatic N) is 4. The van der Waals surface area contributed by atoms with E-state index in [1.807, 2.05) is 125 Å². The first-order valence-corrected chi connectivity index (χ1v) is 30.8. The topological polar surface area (TPSA) is 158 Å². The molecule has 2 saturated heterocycles. The second kappa shape index (κ2) is 30.4. The van der Waals surface area contributed by atoms with Crippen molar-refractivity contribution in [2.45, 2.75) is 160 Å². The molecule has 2 N–H and O–H groups in total. The maximum atomic E-state index is 14.9. The normalized spacial score (nSPS) is 21.1. The standard InChI is InChI=1S/C68H92N6O8/c1-7-47(2)64(76)70-63(54-26-18-11-19-27-54)68(80)74-46-60(82-6)41-58(74)44-72(39-37-50-22-14-9-15-23-50)66(78)56-34-30-52(31-35-56)51-28-32-55(33-29-51)65(77)71(38-36-49-20-12-8-13-21-49)43-57-40-59(81-5)45-73(57)67(79)61(42-62(75)48(3)69-4)53-24-16-10-17-25-53/h8-9,12-15,20-23,28-35,47-48,53-54,57-61,63,69H,7,10-11,16-19,24-27,36-46H2,1-6H3,(H,70,76)/t47-,48+,57+,58+,59+,60+,61+,63+/m1/s1. The van der Waals surface area contributed by atoms with E-state index >= 15 is 0 Å². The van der Waals surface area contributed by atoms with Gasteiger partial charge in [-0.15, -0.1) is 0 Å². The van der Waals surface area contributed by atoms with Gasteiger partial charge in [-0.05, 0) is 130 Å². The van der Waals surface area contributed by atoms with Gasteiger partial charge in [-0.2, -0.15) is 0 Å². The zero-order chi connectivity index (χ0) is 58.1. The van der Waals surface area contributed by atoms with E-state index in [9.17, 15) is 28.8 Å². The molecule has 5 amide bonds. The minimum absolute atomic E-state index is 0.00361. The lowest BCUT2D eigenvalue weighted by Crippen LogP contribution is -2.56. The van der Waals surface area contributed by atoms with Gasteiger partial charge in [-0.25, -0.2) is 0 Å². The fraction of sp³-hybridized carbons (Fsp3) is 0.559. The van der Waals surface area contributed by atoms with Crippen LogP contribution in [0.3, 0.4) is 0 Å². The van der Waals surface area contributed by atoms with E-state index in [1.165, 1.54) is 0 Å². The van der Waals surface area contributed by atoms with Crippen LogP contribution in [-0.2, 0) is 41.5 Å². The summed E-state index contributed by atoms with van der Waals surface area (Å²) in [6, 6.07) is 33.9. The minimum atomic E-state index is -0.628. The summed E-state index contributed by atoms with van der Waals surface area (Å²) in [5.41, 5.74) is 5.04. The number of likely N-dealkylation sites (tertiary alicyclic amines) is 2. The summed E-state index contributed by atoms with van der Waals surface area (Å²) in [5.74, 6) is -0.843. The second-order valence-electron chi connectivity index (χ2n) is 24.0. The Hall–Kier alpha value is -6.22. The third-order valence-corrected chi connectivity index (χ3v) is 18.7. The molecule has 82 heavy (non-hydrogen) atoms. The smallest absolute Gasteiger partial charge is 0.253 e. The summed E-state index contributed by atoms with van der Waals surface area (Å²) in [5, 5.41) is 6.28. The Morgan fingerprint density at radius 3 is 1.45 bits per heavy atom. The molecule has 0 aromatic heterocycles. The Balaban J connectivity index is 0.999. The Labute approximate surface area is 488 Å². The maximum absolute atomic E-state index is 14.9. The van der Waals surface area contributed by atoms with Crippen LogP contribution in [0.2, 0.25) is 0 Å². The van der Waals surface area contributed by atoms with Crippen molar-refractivity contribution >= 4 is 35.3 Å². The molecule has 0 spiro atoms. The molecular formula is C68H92N6O8. The lowest BCUT2D eigenvalue weighted by Gasteiger charge is -2.37. The van der Waals surface area contributed by atoms with Crippen LogP contribution < -0.4 is 10.6 Å². The molecule has 4 aromatic rings. The monoisotopic (exact) mass is 1120 g/mol. The van der Waals surface area contributed by atoms with Gasteiger partial charge >= 0.3 is 0 Å². The van der Waals surface area contributed by atoms with E-state index in [1.54, 1.807) is 21.3 Å². The molecular weight excluding hydrogens is 1030 g/mol. The first-order chi connectivity index (χ1) is 39.8. The Bertz CT molecular complexity index is 2510. The number of carbonyl (C=O) groups excluding carboxylic acids is 6. The van der Waals surface area contributed by atoms with Crippen molar-refractivity contribution in [3.63, 3.8) is 0 Å². The number of nitrogens with one attached hydrogen (secondary N) is 2. The fourth-order valence-corrected chi connectivity index (χ4v) is 13.1. The van der Waals surface area contributed by atoms with Crippen molar-refractivity contribution in [1.29, 1.82) is 0 Å². The Morgan fingerprint density at radius 1 is 0.585 bits per heavy atom. The van der Waals surface area contributed by atoms with Crippen LogP contribution in [0.25, 0.3) is 11.1 Å². The van der Waals surface area contributed by atoms with E-state index < -0.39 is 12.0 Å². The van der Waals surface area contributed by atoms with Gasteiger partial charge in [-0.3, -0.25) is 28.8 Å². The zero-order valence-corrected chi connectivity index (χ0v) is 49.8. The molecule has 2 aliphatic carbocycles. The molecule has 2 heterocycles. The summed E-state index contributed by atoms with van der Waals surface area (Å²) in [7, 11) is 5.13. The highest BCUT2D eigenvalue weighted by atomic mass is 16.5. The average Bonchev–Trinajstić information content (AvgIpc) is 4.27. The van der Waals surface area contributed by atoms with Crippen LogP contribution in [0.15, 0.2) is 109 Å². The number of benzene rings is 4. The molecule has 14 heteroatoms. The molecule has 2 aliphatic heterocycles. The van der Waals surface area contributed by atoms with Crippen LogP contribution in [0.1, 0.15) is 143 Å². The largest absolute Gasteiger partial charge is 0.380 e. The van der Waals surface area contributed by atoms with Crippen LogP contribution >= 0.6 is 0 Å². The SMILES string of the molecule is CC[C@@H](C)C(=O)N[C@H](C(=O)N1C[C@@H](OC)C[C@H]1CN(CCc1ccccc1)C(=O)c1ccc(-c2ccc(C(=O)N(CCc3ccccc3)C[C@@H]3C[C@H](OC)CN3C(=O)[C@@H](CC(=O)[C@H](C)NC)C3CCCCC3)cc2)cc1)C1CCCCC1. The third kappa shape index (κ3) is 16.1. The quantitative estimate of drug-likeness (QED) is 0.0625. The summed E-state index contributed by atoms with van der Waals surface area (Å²) in [6.07, 6.45) is 13.0. The van der Waals surface area contributed by atoms with Crippen molar-refractivity contribution in [2.75, 3.05) is 60.5 Å². The predicted octanol–water partition coefficient (Wildman–Crippen LogP) is 9.83. The van der Waals surface area contributed by atoms with Crippen molar-refractivity contribution in [1.82, 2.24) is 30.2 Å². The van der Waals surface area contributed by atoms with Crippen LogP contribution in [0, 0.1) is 23.7 Å². The molecule has 8 atom stereocenters. The van der Waals surface area contributed by atoms with Gasteiger partial charge < -0.3 is 39.7 Å². The Kier molecular flexibility index (Phi) is 22.9. The molecule has 442 valence electrons. The van der Waals surface area contributed by atoms with Crippen LogP contribution in [0.4, 0.5) is 0 Å². The Morgan fingerprint density at radius 2 is 1.02 bits per heavy atom. The molecule has 4 aromatic carbocycles. The molecule has 2 saturated carbocycles. The van der Waals surface area contributed by atoms with E-state index in [4.69, 9.17) is 9.47 Å². The second-order valence-corrected chi connectivity index (χ2v) is 24.0. The van der Waals surface area contributed by atoms with E-state index in [0.717, 1.165) is 86.5 Å². The number of carbonyl (C=O) groups is 6. The average molecular weight is 1120 g/mol. The number of ketones is 1. The molecule has 4 fully saturated rings. The van der Waals surface area contributed by atoms with Crippen molar-refractivity contribution in [3.8, 4) is 11.1 Å². The number of rotatable bonds is 26. The number of Topliss-reactive ketones (excluding diaryl/α,β-unsaturated/α-hetero) is 1. The number of amides is 5. The number of likely N-dealkylation sites (N-methyl/N-ethyl adjacent to an activating group) is 1. The van der Waals surface area contributed by atoms with Gasteiger partial charge in [0.2, 0.25) is 17.7 Å².